The Bertz CT molecular complexity index is 926. The van der Waals surface area contributed by atoms with Crippen LogP contribution in [0, 0.1) is 5.92 Å². The van der Waals surface area contributed by atoms with Crippen molar-refractivity contribution in [1.29, 1.82) is 0 Å². The summed E-state index contributed by atoms with van der Waals surface area (Å²) in [5.74, 6) is 0.148. The molecule has 1 heterocycles. The monoisotopic (exact) mass is 363 g/mol. The molecule has 0 atom stereocenters. The molecule has 27 heavy (non-hydrogen) atoms. The molecule has 0 saturated heterocycles. The number of hydrogen-bond donors (Lipinski definition) is 3. The van der Waals surface area contributed by atoms with Gasteiger partial charge in [-0.3, -0.25) is 9.59 Å². The van der Waals surface area contributed by atoms with E-state index in [0.29, 0.717) is 30.1 Å². The van der Waals surface area contributed by atoms with Crippen molar-refractivity contribution in [2.45, 2.75) is 20.3 Å². The van der Waals surface area contributed by atoms with Crippen LogP contribution in [0.25, 0.3) is 10.9 Å². The highest BCUT2D eigenvalue weighted by atomic mass is 16.2. The van der Waals surface area contributed by atoms with Crippen molar-refractivity contribution in [2.24, 2.45) is 5.92 Å². The minimum atomic E-state index is -0.135. The fourth-order valence-electron chi connectivity index (χ4n) is 2.92. The van der Waals surface area contributed by atoms with Crippen LogP contribution < -0.4 is 10.6 Å². The first-order valence-corrected chi connectivity index (χ1v) is 9.26. The zero-order valence-corrected chi connectivity index (χ0v) is 15.7. The fourth-order valence-corrected chi connectivity index (χ4v) is 2.92. The Labute approximate surface area is 159 Å². The molecular weight excluding hydrogens is 338 g/mol. The molecule has 0 fully saturated rings. The first kappa shape index (κ1) is 18.7. The third-order valence-corrected chi connectivity index (χ3v) is 4.43. The normalized spacial score (nSPS) is 10.9. The summed E-state index contributed by atoms with van der Waals surface area (Å²) in [5, 5.41) is 6.99. The molecule has 0 aliphatic rings. The largest absolute Gasteiger partial charge is 0.361 e. The SMILES string of the molecule is CC(C)CNC(=O)c1ccc(C(=O)NCCc2c[nH]c3ccccc23)cc1. The maximum absolute atomic E-state index is 12.3. The zero-order chi connectivity index (χ0) is 19.2. The number of carbonyl (C=O) groups excluding carboxylic acids is 2. The zero-order valence-electron chi connectivity index (χ0n) is 15.7. The molecule has 1 aromatic heterocycles. The first-order chi connectivity index (χ1) is 13.0. The van der Waals surface area contributed by atoms with Crippen LogP contribution in [0.1, 0.15) is 40.1 Å². The predicted octanol–water partition coefficient (Wildman–Crippen LogP) is 3.53. The quantitative estimate of drug-likeness (QED) is 0.601. The van der Waals surface area contributed by atoms with Gasteiger partial charge in [-0.1, -0.05) is 32.0 Å². The van der Waals surface area contributed by atoms with Crippen molar-refractivity contribution in [3.63, 3.8) is 0 Å². The number of amides is 2. The number of para-hydroxylation sites is 1. The van der Waals surface area contributed by atoms with Crippen LogP contribution in [0.5, 0.6) is 0 Å². The Balaban J connectivity index is 1.53. The van der Waals surface area contributed by atoms with Crippen LogP contribution >= 0.6 is 0 Å². The number of H-pyrrole nitrogens is 1. The van der Waals surface area contributed by atoms with Crippen molar-refractivity contribution >= 4 is 22.7 Å². The van der Waals surface area contributed by atoms with Gasteiger partial charge in [0.25, 0.3) is 11.8 Å². The molecule has 140 valence electrons. The van der Waals surface area contributed by atoms with Crippen LogP contribution in [0.4, 0.5) is 0 Å². The van der Waals surface area contributed by atoms with Crippen LogP contribution in [0.2, 0.25) is 0 Å². The van der Waals surface area contributed by atoms with Crippen LogP contribution in [0.3, 0.4) is 0 Å². The van der Waals surface area contributed by atoms with Crippen LogP contribution in [-0.2, 0) is 6.42 Å². The first-order valence-electron chi connectivity index (χ1n) is 9.26. The molecule has 0 saturated carbocycles. The van der Waals surface area contributed by atoms with Gasteiger partial charge in [-0.05, 0) is 48.2 Å². The van der Waals surface area contributed by atoms with E-state index in [2.05, 4.69) is 21.7 Å². The molecule has 3 rings (SSSR count). The summed E-state index contributed by atoms with van der Waals surface area (Å²) < 4.78 is 0. The lowest BCUT2D eigenvalue weighted by Gasteiger charge is -2.08. The van der Waals surface area contributed by atoms with Crippen molar-refractivity contribution in [2.75, 3.05) is 13.1 Å². The number of nitrogens with one attached hydrogen (secondary N) is 3. The van der Waals surface area contributed by atoms with Gasteiger partial charge < -0.3 is 15.6 Å². The van der Waals surface area contributed by atoms with Gasteiger partial charge in [0.1, 0.15) is 0 Å². The van der Waals surface area contributed by atoms with E-state index < -0.39 is 0 Å². The molecule has 0 bridgehead atoms. The molecule has 3 aromatic rings. The Morgan fingerprint density at radius 3 is 2.22 bits per heavy atom. The maximum Gasteiger partial charge on any atom is 0.251 e. The molecule has 2 aromatic carbocycles. The van der Waals surface area contributed by atoms with Gasteiger partial charge in [0.05, 0.1) is 0 Å². The lowest BCUT2D eigenvalue weighted by atomic mass is 10.1. The Morgan fingerprint density at radius 2 is 1.56 bits per heavy atom. The average molecular weight is 363 g/mol. The number of rotatable bonds is 7. The molecular formula is C22H25N3O2. The van der Waals surface area contributed by atoms with Crippen molar-refractivity contribution < 1.29 is 9.59 Å². The third kappa shape index (κ3) is 4.76. The number of carbonyl (C=O) groups is 2. The van der Waals surface area contributed by atoms with E-state index in [4.69, 9.17) is 0 Å². The van der Waals surface area contributed by atoms with E-state index in [1.165, 1.54) is 10.9 Å². The van der Waals surface area contributed by atoms with Crippen LogP contribution in [-0.4, -0.2) is 29.9 Å². The second kappa shape index (κ2) is 8.54. The number of benzene rings is 2. The van der Waals surface area contributed by atoms with Gasteiger partial charge in [0.15, 0.2) is 0 Å². The number of aromatic nitrogens is 1. The fraction of sp³-hybridized carbons (Fsp3) is 0.273. The summed E-state index contributed by atoms with van der Waals surface area (Å²) in [6.45, 7) is 5.28. The Hall–Kier alpha value is -3.08. The molecule has 0 spiro atoms. The second-order valence-corrected chi connectivity index (χ2v) is 7.05. The van der Waals surface area contributed by atoms with E-state index in [-0.39, 0.29) is 11.8 Å². The smallest absolute Gasteiger partial charge is 0.251 e. The summed E-state index contributed by atoms with van der Waals surface area (Å²) in [7, 11) is 0. The van der Waals surface area contributed by atoms with Gasteiger partial charge >= 0.3 is 0 Å². The third-order valence-electron chi connectivity index (χ3n) is 4.43. The van der Waals surface area contributed by atoms with E-state index in [9.17, 15) is 9.59 Å². The summed E-state index contributed by atoms with van der Waals surface area (Å²) >= 11 is 0. The number of aromatic amines is 1. The summed E-state index contributed by atoms with van der Waals surface area (Å²) in [6, 6.07) is 14.9. The van der Waals surface area contributed by atoms with Gasteiger partial charge in [0, 0.05) is 41.3 Å². The number of hydrogen-bond acceptors (Lipinski definition) is 2. The topological polar surface area (TPSA) is 74.0 Å². The highest BCUT2D eigenvalue weighted by Crippen LogP contribution is 2.17. The van der Waals surface area contributed by atoms with Crippen molar-refractivity contribution in [3.05, 3.63) is 71.4 Å². The molecule has 0 radical (unpaired) electrons. The van der Waals surface area contributed by atoms with E-state index in [0.717, 1.165) is 11.9 Å². The molecule has 3 N–H and O–H groups in total. The molecule has 5 nitrogen and oxygen atoms in total. The lowest BCUT2D eigenvalue weighted by molar-refractivity contribution is 0.0939. The van der Waals surface area contributed by atoms with Gasteiger partial charge in [-0.25, -0.2) is 0 Å². The van der Waals surface area contributed by atoms with Gasteiger partial charge in [-0.2, -0.15) is 0 Å². The second-order valence-electron chi connectivity index (χ2n) is 7.05. The van der Waals surface area contributed by atoms with E-state index in [1.54, 1.807) is 24.3 Å². The summed E-state index contributed by atoms with van der Waals surface area (Å²) in [6.07, 6.45) is 2.74. The lowest BCUT2D eigenvalue weighted by Crippen LogP contribution is -2.28. The molecule has 5 heteroatoms. The number of fused-ring (bicyclic) bond motifs is 1. The molecule has 0 aliphatic carbocycles. The summed E-state index contributed by atoms with van der Waals surface area (Å²) in [5.41, 5.74) is 3.40. The maximum atomic E-state index is 12.3. The van der Waals surface area contributed by atoms with Crippen molar-refractivity contribution in [1.82, 2.24) is 15.6 Å². The highest BCUT2D eigenvalue weighted by molar-refractivity contribution is 5.97. The molecule has 0 unspecified atom stereocenters. The average Bonchev–Trinajstić information content (AvgIpc) is 3.09. The van der Waals surface area contributed by atoms with Gasteiger partial charge in [0.2, 0.25) is 0 Å². The van der Waals surface area contributed by atoms with Crippen molar-refractivity contribution in [3.8, 4) is 0 Å². The standard InChI is InChI=1S/C22H25N3O2/c1-15(2)13-25-22(27)17-9-7-16(8-10-17)21(26)23-12-11-18-14-24-20-6-4-3-5-19(18)20/h3-10,14-15,24H,11-13H2,1-2H3,(H,23,26)(H,25,27). The van der Waals surface area contributed by atoms with E-state index in [1.807, 2.05) is 38.2 Å². The molecule has 2 amide bonds. The Morgan fingerprint density at radius 1 is 0.926 bits per heavy atom. The van der Waals surface area contributed by atoms with Crippen LogP contribution in [0.15, 0.2) is 54.7 Å². The summed E-state index contributed by atoms with van der Waals surface area (Å²) in [4.78, 5) is 27.6. The Kier molecular flexibility index (Phi) is 5.91. The molecule has 0 aliphatic heterocycles. The minimum absolute atomic E-state index is 0.116. The van der Waals surface area contributed by atoms with Gasteiger partial charge in [-0.15, -0.1) is 0 Å². The highest BCUT2D eigenvalue weighted by Gasteiger charge is 2.09. The van der Waals surface area contributed by atoms with E-state index >= 15 is 0 Å². The minimum Gasteiger partial charge on any atom is -0.361 e. The predicted molar refractivity (Wildman–Crippen MR) is 108 cm³/mol.